The molecule has 0 bridgehead atoms. The molecule has 1 rings (SSSR count). The van der Waals surface area contributed by atoms with Gasteiger partial charge in [-0.2, -0.15) is 5.26 Å². The maximum absolute atomic E-state index is 11.3. The molecule has 1 aliphatic heterocycles. The number of nitrogens with one attached hydrogen (secondary N) is 1. The Balaban J connectivity index is 2.76. The van der Waals surface area contributed by atoms with E-state index in [0.717, 1.165) is 18.2 Å². The van der Waals surface area contributed by atoms with Crippen molar-refractivity contribution < 1.29 is 13.2 Å². The lowest BCUT2D eigenvalue weighted by atomic mass is 10.2. The molecule has 1 N–H and O–H groups in total. The fraction of sp³-hybridized carbons (Fsp3) is 0.625. The summed E-state index contributed by atoms with van der Waals surface area (Å²) in [6.45, 7) is 0.0485. The molecule has 1 saturated heterocycles. The van der Waals surface area contributed by atoms with Crippen LogP contribution < -0.4 is 4.72 Å². The molecule has 0 aromatic carbocycles. The van der Waals surface area contributed by atoms with Gasteiger partial charge < -0.3 is 4.74 Å². The molecular weight excluding hydrogens is 236 g/mol. The minimum atomic E-state index is -3.28. The van der Waals surface area contributed by atoms with E-state index in [1.165, 1.54) is 0 Å². The second-order valence-electron chi connectivity index (χ2n) is 3.02. The molecule has 1 aliphatic rings. The predicted octanol–water partition coefficient (Wildman–Crippen LogP) is -0.276. The van der Waals surface area contributed by atoms with Crippen LogP contribution in [0.3, 0.4) is 0 Å². The molecule has 1 fully saturated rings. The van der Waals surface area contributed by atoms with Gasteiger partial charge in [-0.3, -0.25) is 0 Å². The number of nitrogens with zero attached hydrogens (tertiary/aromatic N) is 1. The largest absolute Gasteiger partial charge is 0.348 e. The third-order valence-corrected chi connectivity index (χ3v) is 5.21. The highest BCUT2D eigenvalue weighted by Gasteiger charge is 2.43. The highest BCUT2D eigenvalue weighted by molar-refractivity contribution is 8.12. The van der Waals surface area contributed by atoms with Crippen molar-refractivity contribution in [2.24, 2.45) is 5.92 Å². The molecule has 0 amide bonds. The Morgan fingerprint density at radius 3 is 2.80 bits per heavy atom. The minimum absolute atomic E-state index is 0.0485. The van der Waals surface area contributed by atoms with Crippen molar-refractivity contribution in [3.8, 4) is 18.4 Å². The van der Waals surface area contributed by atoms with Gasteiger partial charge in [-0.25, -0.2) is 13.1 Å². The van der Waals surface area contributed by atoms with Crippen LogP contribution in [-0.4, -0.2) is 32.1 Å². The Labute approximate surface area is 93.2 Å². The zero-order chi connectivity index (χ0) is 11.5. The Hall–Kier alpha value is -0.730. The number of nitriles is 1. The van der Waals surface area contributed by atoms with Gasteiger partial charge in [0.15, 0.2) is 9.84 Å². The van der Waals surface area contributed by atoms with Gasteiger partial charge in [-0.15, -0.1) is 6.42 Å². The summed E-state index contributed by atoms with van der Waals surface area (Å²) in [6.07, 6.45) is 5.47. The van der Waals surface area contributed by atoms with Crippen LogP contribution in [0.1, 0.15) is 0 Å². The highest BCUT2D eigenvalue weighted by atomic mass is 32.3. The second-order valence-corrected chi connectivity index (χ2v) is 6.47. The Morgan fingerprint density at radius 1 is 1.67 bits per heavy atom. The summed E-state index contributed by atoms with van der Waals surface area (Å²) in [5.74, 6) is 1.52. The average molecular weight is 246 g/mol. The first kappa shape index (κ1) is 12.3. The van der Waals surface area contributed by atoms with Crippen LogP contribution in [0.25, 0.3) is 0 Å². The van der Waals surface area contributed by atoms with Crippen LogP contribution in [0.4, 0.5) is 0 Å². The lowest BCUT2D eigenvalue weighted by Gasteiger charge is -2.14. The van der Waals surface area contributed by atoms with Crippen LogP contribution >= 0.6 is 11.9 Å². The van der Waals surface area contributed by atoms with Crippen molar-refractivity contribution >= 4 is 21.8 Å². The van der Waals surface area contributed by atoms with E-state index in [2.05, 4.69) is 10.6 Å². The van der Waals surface area contributed by atoms with E-state index in [1.807, 2.05) is 6.07 Å². The van der Waals surface area contributed by atoms with E-state index < -0.39 is 26.6 Å². The second kappa shape index (κ2) is 4.86. The zero-order valence-corrected chi connectivity index (χ0v) is 9.64. The fourth-order valence-corrected chi connectivity index (χ4v) is 3.62. The summed E-state index contributed by atoms with van der Waals surface area (Å²) in [7, 11) is -3.28. The molecule has 7 heteroatoms. The molecule has 3 unspecified atom stereocenters. The maximum Gasteiger partial charge on any atom is 0.162 e. The summed E-state index contributed by atoms with van der Waals surface area (Å²) >= 11 is 0.986. The Morgan fingerprint density at radius 2 is 2.33 bits per heavy atom. The monoisotopic (exact) mass is 246 g/mol. The third-order valence-electron chi connectivity index (χ3n) is 1.84. The number of terminal acetylenes is 1. The molecule has 15 heavy (non-hydrogen) atoms. The highest BCUT2D eigenvalue weighted by Crippen LogP contribution is 2.32. The van der Waals surface area contributed by atoms with Crippen molar-refractivity contribution in [2.75, 3.05) is 12.9 Å². The van der Waals surface area contributed by atoms with E-state index in [0.29, 0.717) is 0 Å². The van der Waals surface area contributed by atoms with Gasteiger partial charge in [0.2, 0.25) is 0 Å². The van der Waals surface area contributed by atoms with Crippen molar-refractivity contribution in [3.63, 3.8) is 0 Å². The summed E-state index contributed by atoms with van der Waals surface area (Å²) in [5, 5.41) is 8.87. The number of sulfone groups is 1. The van der Waals surface area contributed by atoms with Crippen molar-refractivity contribution in [1.82, 2.24) is 4.72 Å². The van der Waals surface area contributed by atoms with E-state index in [1.54, 1.807) is 0 Å². The number of hydrogen-bond donors (Lipinski definition) is 1. The van der Waals surface area contributed by atoms with Gasteiger partial charge in [0.25, 0.3) is 0 Å². The number of ether oxygens (including phenoxy) is 1. The van der Waals surface area contributed by atoms with Gasteiger partial charge in [0.05, 0.1) is 6.07 Å². The summed E-state index contributed by atoms with van der Waals surface area (Å²) < 4.78 is 29.7. The minimum Gasteiger partial charge on any atom is -0.348 e. The molecule has 3 atom stereocenters. The van der Waals surface area contributed by atoms with Crippen molar-refractivity contribution in [1.29, 1.82) is 5.26 Å². The average Bonchev–Trinajstić information content (AvgIpc) is 2.56. The molecule has 0 aliphatic carbocycles. The Bertz CT molecular complexity index is 407. The van der Waals surface area contributed by atoms with Crippen molar-refractivity contribution in [3.05, 3.63) is 0 Å². The standard InChI is InChI=1S/C8H10N2O3S2/c1-3-4-13-7-6(5-9)8(14-10-7)15(2,11)12/h1,6-8,10H,4H2,2H3. The summed E-state index contributed by atoms with van der Waals surface area (Å²) in [4.78, 5) is 0. The number of hydrogen-bond acceptors (Lipinski definition) is 6. The predicted molar refractivity (Wildman–Crippen MR) is 57.0 cm³/mol. The molecule has 0 spiro atoms. The quantitative estimate of drug-likeness (QED) is 0.545. The SMILES string of the molecule is C#CCOC1NSC(S(C)(=O)=O)C1C#N. The van der Waals surface area contributed by atoms with Gasteiger partial charge in [-0.05, 0) is 0 Å². The first-order valence-corrected chi connectivity index (χ1v) is 6.89. The van der Waals surface area contributed by atoms with Crippen molar-refractivity contribution in [2.45, 2.75) is 10.8 Å². The van der Waals surface area contributed by atoms with Gasteiger partial charge >= 0.3 is 0 Å². The topological polar surface area (TPSA) is 79.2 Å². The molecule has 0 radical (unpaired) electrons. The molecule has 5 nitrogen and oxygen atoms in total. The third kappa shape index (κ3) is 2.86. The van der Waals surface area contributed by atoms with E-state index in [-0.39, 0.29) is 6.61 Å². The lowest BCUT2D eigenvalue weighted by Crippen LogP contribution is -2.32. The van der Waals surface area contributed by atoms with Crippen LogP contribution in [0.5, 0.6) is 0 Å². The summed E-state index contributed by atoms with van der Waals surface area (Å²) in [5.41, 5.74) is 0. The Kier molecular flexibility index (Phi) is 4.00. The molecule has 1 heterocycles. The van der Waals surface area contributed by atoms with Gasteiger partial charge in [0.1, 0.15) is 23.3 Å². The molecule has 82 valence electrons. The molecular formula is C8H10N2O3S2. The fourth-order valence-electron chi connectivity index (χ4n) is 1.18. The van der Waals surface area contributed by atoms with Crippen LogP contribution in [0, 0.1) is 29.6 Å². The lowest BCUT2D eigenvalue weighted by molar-refractivity contribution is 0.0540. The normalized spacial score (nSPS) is 30.7. The van der Waals surface area contributed by atoms with Gasteiger partial charge in [-0.1, -0.05) is 17.9 Å². The van der Waals surface area contributed by atoms with E-state index in [9.17, 15) is 8.42 Å². The number of rotatable bonds is 3. The first-order chi connectivity index (χ1) is 7.00. The van der Waals surface area contributed by atoms with Gasteiger partial charge in [0, 0.05) is 6.26 Å². The smallest absolute Gasteiger partial charge is 0.162 e. The first-order valence-electron chi connectivity index (χ1n) is 4.05. The molecule has 0 aromatic rings. The molecule has 0 saturated carbocycles. The zero-order valence-electron chi connectivity index (χ0n) is 8.00. The van der Waals surface area contributed by atoms with Crippen LogP contribution in [-0.2, 0) is 14.6 Å². The van der Waals surface area contributed by atoms with E-state index >= 15 is 0 Å². The molecule has 0 aromatic heterocycles. The van der Waals surface area contributed by atoms with Crippen LogP contribution in [0.15, 0.2) is 0 Å². The maximum atomic E-state index is 11.3. The van der Waals surface area contributed by atoms with Crippen LogP contribution in [0.2, 0.25) is 0 Å². The summed E-state index contributed by atoms with van der Waals surface area (Å²) in [6, 6.07) is 1.92. The van der Waals surface area contributed by atoms with E-state index in [4.69, 9.17) is 16.4 Å².